The summed E-state index contributed by atoms with van der Waals surface area (Å²) in [4.78, 5) is 19.1. The van der Waals surface area contributed by atoms with Crippen molar-refractivity contribution in [2.75, 3.05) is 20.1 Å². The summed E-state index contributed by atoms with van der Waals surface area (Å²) in [7, 11) is 2.15. The number of piperidine rings is 1. The second kappa shape index (κ2) is 4.63. The maximum Gasteiger partial charge on any atom is 0.171 e. The van der Waals surface area contributed by atoms with Gasteiger partial charge in [-0.2, -0.15) is 0 Å². The quantitative estimate of drug-likeness (QED) is 0.742. The Bertz CT molecular complexity index is 400. The van der Waals surface area contributed by atoms with Gasteiger partial charge in [0.2, 0.25) is 0 Å². The first-order valence-corrected chi connectivity index (χ1v) is 6.56. The fraction of sp³-hybridized carbons (Fsp3) is 0.667. The summed E-state index contributed by atoms with van der Waals surface area (Å²) in [6, 6.07) is 0. The van der Waals surface area contributed by atoms with E-state index in [2.05, 4.69) is 16.9 Å². The second-order valence-corrected chi connectivity index (χ2v) is 5.65. The largest absolute Gasteiger partial charge is 0.306 e. The van der Waals surface area contributed by atoms with Gasteiger partial charge in [-0.15, -0.1) is 11.3 Å². The highest BCUT2D eigenvalue weighted by Gasteiger charge is 2.23. The van der Waals surface area contributed by atoms with Crippen molar-refractivity contribution in [2.24, 2.45) is 0 Å². The third kappa shape index (κ3) is 2.33. The van der Waals surface area contributed by atoms with Gasteiger partial charge in [0.1, 0.15) is 0 Å². The fourth-order valence-corrected chi connectivity index (χ4v) is 3.37. The molecular weight excluding hydrogens is 220 g/mol. The molecule has 0 radical (unpaired) electrons. The number of carbonyl (C=O) groups excluding carboxylic acids is 1. The average molecular weight is 238 g/mol. The third-order valence-electron chi connectivity index (χ3n) is 3.11. The second-order valence-electron chi connectivity index (χ2n) is 4.62. The van der Waals surface area contributed by atoms with Crippen molar-refractivity contribution < 1.29 is 4.79 Å². The van der Waals surface area contributed by atoms with Crippen LogP contribution in [0.2, 0.25) is 0 Å². The van der Waals surface area contributed by atoms with Gasteiger partial charge in [-0.05, 0) is 33.4 Å². The Morgan fingerprint density at radius 2 is 2.31 bits per heavy atom. The normalized spacial score (nSPS) is 22.3. The number of aromatic nitrogens is 1. The van der Waals surface area contributed by atoms with Crippen LogP contribution in [-0.4, -0.2) is 35.8 Å². The summed E-state index contributed by atoms with van der Waals surface area (Å²) in [6.45, 7) is 5.81. The summed E-state index contributed by atoms with van der Waals surface area (Å²) < 4.78 is 0. The highest BCUT2D eigenvalue weighted by molar-refractivity contribution is 7.13. The van der Waals surface area contributed by atoms with Gasteiger partial charge in [0, 0.05) is 19.4 Å². The Kier molecular flexibility index (Phi) is 3.40. The van der Waals surface area contributed by atoms with Crippen molar-refractivity contribution >= 4 is 17.1 Å². The number of likely N-dealkylation sites (N-methyl/N-ethyl adjacent to an activating group) is 1. The summed E-state index contributed by atoms with van der Waals surface area (Å²) in [6.07, 6.45) is 2.43. The van der Waals surface area contributed by atoms with Crippen LogP contribution in [-0.2, 0) is 0 Å². The molecule has 1 aliphatic rings. The van der Waals surface area contributed by atoms with E-state index in [0.717, 1.165) is 22.1 Å². The number of Topliss-reactive ketones (excluding diaryl/α,β-unsaturated/α-hetero) is 1. The molecule has 1 unspecified atom stereocenters. The van der Waals surface area contributed by atoms with Gasteiger partial charge in [-0.25, -0.2) is 4.98 Å². The van der Waals surface area contributed by atoms with Crippen LogP contribution in [0.5, 0.6) is 0 Å². The Hall–Kier alpha value is -0.740. The standard InChI is InChI=1S/C12H18N2OS/c1-8-11(9(2)15)16-12(13-8)10-5-4-6-14(3)7-10/h10H,4-7H2,1-3H3. The number of hydrogen-bond donors (Lipinski definition) is 0. The number of thiazole rings is 1. The molecular formula is C12H18N2OS. The monoisotopic (exact) mass is 238 g/mol. The van der Waals surface area contributed by atoms with Crippen LogP contribution >= 0.6 is 11.3 Å². The molecule has 1 aromatic rings. The van der Waals surface area contributed by atoms with Crippen molar-refractivity contribution in [3.8, 4) is 0 Å². The van der Waals surface area contributed by atoms with Crippen molar-refractivity contribution in [3.05, 3.63) is 15.6 Å². The molecule has 1 fully saturated rings. The minimum atomic E-state index is 0.144. The molecule has 2 rings (SSSR count). The minimum Gasteiger partial charge on any atom is -0.306 e. The van der Waals surface area contributed by atoms with E-state index in [9.17, 15) is 4.79 Å². The van der Waals surface area contributed by atoms with Crippen LogP contribution in [0.3, 0.4) is 0 Å². The van der Waals surface area contributed by atoms with E-state index in [1.807, 2.05) is 6.92 Å². The van der Waals surface area contributed by atoms with Crippen LogP contribution in [0.15, 0.2) is 0 Å². The van der Waals surface area contributed by atoms with E-state index >= 15 is 0 Å². The zero-order chi connectivity index (χ0) is 11.7. The van der Waals surface area contributed by atoms with Gasteiger partial charge in [0.15, 0.2) is 5.78 Å². The van der Waals surface area contributed by atoms with Crippen molar-refractivity contribution in [2.45, 2.75) is 32.6 Å². The van der Waals surface area contributed by atoms with Crippen LogP contribution in [0.4, 0.5) is 0 Å². The molecule has 3 nitrogen and oxygen atoms in total. The zero-order valence-electron chi connectivity index (χ0n) is 10.1. The molecule has 4 heteroatoms. The molecule has 0 N–H and O–H groups in total. The first kappa shape index (κ1) is 11.7. The molecule has 0 aliphatic carbocycles. The van der Waals surface area contributed by atoms with E-state index in [-0.39, 0.29) is 5.78 Å². The molecule has 1 aromatic heterocycles. The maximum absolute atomic E-state index is 11.4. The lowest BCUT2D eigenvalue weighted by Gasteiger charge is -2.28. The van der Waals surface area contributed by atoms with Crippen molar-refractivity contribution in [1.29, 1.82) is 0 Å². The first-order valence-electron chi connectivity index (χ1n) is 5.74. The molecule has 0 spiro atoms. The van der Waals surface area contributed by atoms with Gasteiger partial charge < -0.3 is 4.90 Å². The van der Waals surface area contributed by atoms with Crippen molar-refractivity contribution in [1.82, 2.24) is 9.88 Å². The minimum absolute atomic E-state index is 0.144. The topological polar surface area (TPSA) is 33.2 Å². The molecule has 88 valence electrons. The molecule has 0 bridgehead atoms. The summed E-state index contributed by atoms with van der Waals surface area (Å²) in [5.41, 5.74) is 0.903. The molecule has 16 heavy (non-hydrogen) atoms. The molecule has 1 saturated heterocycles. The predicted molar refractivity (Wildman–Crippen MR) is 66.3 cm³/mol. The van der Waals surface area contributed by atoms with Crippen LogP contribution in [0.1, 0.15) is 46.1 Å². The Labute approximate surface area is 100 Å². The highest BCUT2D eigenvalue weighted by Crippen LogP contribution is 2.31. The van der Waals surface area contributed by atoms with E-state index in [0.29, 0.717) is 5.92 Å². The number of aryl methyl sites for hydroxylation is 1. The predicted octanol–water partition coefficient (Wildman–Crippen LogP) is 2.46. The van der Waals surface area contributed by atoms with Gasteiger partial charge in [0.25, 0.3) is 0 Å². The lowest BCUT2D eigenvalue weighted by molar-refractivity contribution is 0.102. The number of rotatable bonds is 2. The molecule has 0 aromatic carbocycles. The number of nitrogens with zero attached hydrogens (tertiary/aromatic N) is 2. The maximum atomic E-state index is 11.4. The van der Waals surface area contributed by atoms with E-state index in [1.165, 1.54) is 19.4 Å². The van der Waals surface area contributed by atoms with Crippen LogP contribution < -0.4 is 0 Å². The number of hydrogen-bond acceptors (Lipinski definition) is 4. The zero-order valence-corrected chi connectivity index (χ0v) is 10.9. The molecule has 0 saturated carbocycles. The lowest BCUT2D eigenvalue weighted by atomic mass is 9.99. The third-order valence-corrected chi connectivity index (χ3v) is 4.53. The van der Waals surface area contributed by atoms with E-state index < -0.39 is 0 Å². The fourth-order valence-electron chi connectivity index (χ4n) is 2.29. The SMILES string of the molecule is CC(=O)c1sc(C2CCCN(C)C2)nc1C. The van der Waals surface area contributed by atoms with Gasteiger partial charge in [-0.1, -0.05) is 0 Å². The van der Waals surface area contributed by atoms with Crippen LogP contribution in [0, 0.1) is 6.92 Å². The smallest absolute Gasteiger partial charge is 0.171 e. The Morgan fingerprint density at radius 3 is 2.88 bits per heavy atom. The summed E-state index contributed by atoms with van der Waals surface area (Å²) in [5, 5.41) is 1.15. The lowest BCUT2D eigenvalue weighted by Crippen LogP contribution is -2.30. The highest BCUT2D eigenvalue weighted by atomic mass is 32.1. The number of likely N-dealkylation sites (tertiary alicyclic amines) is 1. The number of carbonyl (C=O) groups is 1. The summed E-state index contributed by atoms with van der Waals surface area (Å²) in [5.74, 6) is 0.668. The van der Waals surface area contributed by atoms with E-state index in [4.69, 9.17) is 0 Å². The molecule has 1 atom stereocenters. The molecule has 0 amide bonds. The molecule has 2 heterocycles. The first-order chi connectivity index (χ1) is 7.58. The summed E-state index contributed by atoms with van der Waals surface area (Å²) >= 11 is 1.59. The Morgan fingerprint density at radius 1 is 1.56 bits per heavy atom. The molecule has 1 aliphatic heterocycles. The van der Waals surface area contributed by atoms with Gasteiger partial charge in [0.05, 0.1) is 15.6 Å². The number of ketones is 1. The average Bonchev–Trinajstić information content (AvgIpc) is 2.60. The Balaban J connectivity index is 2.20. The van der Waals surface area contributed by atoms with E-state index in [1.54, 1.807) is 18.3 Å². The van der Waals surface area contributed by atoms with Gasteiger partial charge in [-0.3, -0.25) is 4.79 Å². The van der Waals surface area contributed by atoms with Crippen molar-refractivity contribution in [3.63, 3.8) is 0 Å². The van der Waals surface area contributed by atoms with Crippen LogP contribution in [0.25, 0.3) is 0 Å². The van der Waals surface area contributed by atoms with Gasteiger partial charge >= 0.3 is 0 Å².